The largest absolute Gasteiger partial charge is 0.497 e. The molecule has 1 atom stereocenters. The van der Waals surface area contributed by atoms with E-state index in [9.17, 15) is 9.18 Å². The van der Waals surface area contributed by atoms with E-state index in [4.69, 9.17) is 9.47 Å². The Morgan fingerprint density at radius 1 is 1.13 bits per heavy atom. The Labute approximate surface area is 179 Å². The van der Waals surface area contributed by atoms with Gasteiger partial charge in [0.05, 0.1) is 24.8 Å². The molecule has 4 rings (SSSR count). The van der Waals surface area contributed by atoms with Crippen molar-refractivity contribution in [3.05, 3.63) is 78.1 Å². The number of nitrogens with one attached hydrogen (secondary N) is 2. The third-order valence-corrected chi connectivity index (χ3v) is 4.87. The van der Waals surface area contributed by atoms with Crippen LogP contribution in [0.5, 0.6) is 5.75 Å². The molecule has 1 unspecified atom stereocenters. The third kappa shape index (κ3) is 4.90. The lowest BCUT2D eigenvalue weighted by Gasteiger charge is -2.14. The van der Waals surface area contributed by atoms with Crippen LogP contribution >= 0.6 is 0 Å². The number of imidazole rings is 1. The molecule has 31 heavy (non-hydrogen) atoms. The first-order valence-electron chi connectivity index (χ1n) is 9.83. The van der Waals surface area contributed by atoms with Crippen LogP contribution in [-0.4, -0.2) is 29.1 Å². The lowest BCUT2D eigenvalue weighted by molar-refractivity contribution is -0.127. The van der Waals surface area contributed by atoms with Crippen LogP contribution < -0.4 is 10.1 Å². The van der Waals surface area contributed by atoms with Gasteiger partial charge in [0, 0.05) is 11.3 Å². The second-order valence-corrected chi connectivity index (χ2v) is 7.12. The van der Waals surface area contributed by atoms with Crippen molar-refractivity contribution in [1.29, 1.82) is 0 Å². The average Bonchev–Trinajstić information content (AvgIpc) is 3.21. The van der Waals surface area contributed by atoms with Crippen molar-refractivity contribution in [1.82, 2.24) is 9.97 Å². The van der Waals surface area contributed by atoms with E-state index >= 15 is 0 Å². The molecule has 6 nitrogen and oxygen atoms in total. The predicted molar refractivity (Wildman–Crippen MR) is 117 cm³/mol. The molecule has 158 valence electrons. The van der Waals surface area contributed by atoms with Crippen molar-refractivity contribution >= 4 is 22.6 Å². The number of rotatable bonds is 7. The maximum atomic E-state index is 13.4. The highest BCUT2D eigenvalue weighted by molar-refractivity contribution is 5.94. The second kappa shape index (κ2) is 8.97. The Morgan fingerprint density at radius 2 is 1.94 bits per heavy atom. The summed E-state index contributed by atoms with van der Waals surface area (Å²) in [5, 5.41) is 2.84. The highest BCUT2D eigenvalue weighted by atomic mass is 19.1. The van der Waals surface area contributed by atoms with Gasteiger partial charge in [0.15, 0.2) is 0 Å². The Morgan fingerprint density at radius 3 is 2.71 bits per heavy atom. The maximum absolute atomic E-state index is 13.4. The molecule has 0 aliphatic rings. The first kappa shape index (κ1) is 20.6. The van der Waals surface area contributed by atoms with Gasteiger partial charge in [-0.05, 0) is 67.1 Å². The Kier molecular flexibility index (Phi) is 5.95. The number of anilines is 1. The van der Waals surface area contributed by atoms with Crippen LogP contribution in [0.15, 0.2) is 66.7 Å². The van der Waals surface area contributed by atoms with Crippen molar-refractivity contribution in [3.63, 3.8) is 0 Å². The summed E-state index contributed by atoms with van der Waals surface area (Å²) in [6.07, 6.45) is -0.629. The van der Waals surface area contributed by atoms with Crippen LogP contribution in [0, 0.1) is 5.82 Å². The van der Waals surface area contributed by atoms with Gasteiger partial charge in [-0.2, -0.15) is 0 Å². The molecule has 0 saturated heterocycles. The van der Waals surface area contributed by atoms with Gasteiger partial charge in [-0.1, -0.05) is 12.1 Å². The average molecular weight is 419 g/mol. The number of ether oxygens (including phenoxy) is 2. The molecule has 0 bridgehead atoms. The van der Waals surface area contributed by atoms with Gasteiger partial charge in [-0.3, -0.25) is 4.79 Å². The summed E-state index contributed by atoms with van der Waals surface area (Å²) in [5.41, 5.74) is 3.73. The molecule has 7 heteroatoms. The highest BCUT2D eigenvalue weighted by Gasteiger charge is 2.14. The number of carbonyl (C=O) groups is 1. The van der Waals surface area contributed by atoms with Crippen molar-refractivity contribution in [2.24, 2.45) is 0 Å². The standard InChI is InChI=1S/C24H22FN3O3/c1-15(31-14-16-4-3-5-20(12-16)30-2)24(29)26-19-9-6-17(7-10-19)23-27-21-11-8-18(25)13-22(21)28-23/h3-13,15H,14H2,1-2H3,(H,26,29)(H,27,28). The van der Waals surface area contributed by atoms with Crippen molar-refractivity contribution in [3.8, 4) is 17.1 Å². The quantitative estimate of drug-likeness (QED) is 0.446. The van der Waals surface area contributed by atoms with Gasteiger partial charge in [0.1, 0.15) is 23.5 Å². The number of amides is 1. The van der Waals surface area contributed by atoms with Crippen LogP contribution in [0.2, 0.25) is 0 Å². The molecule has 0 aliphatic heterocycles. The molecule has 0 radical (unpaired) electrons. The van der Waals surface area contributed by atoms with E-state index in [0.29, 0.717) is 29.2 Å². The van der Waals surface area contributed by atoms with E-state index in [1.807, 2.05) is 36.4 Å². The number of hydrogen-bond donors (Lipinski definition) is 2. The third-order valence-electron chi connectivity index (χ3n) is 4.87. The molecule has 0 saturated carbocycles. The normalized spacial score (nSPS) is 12.0. The van der Waals surface area contributed by atoms with Gasteiger partial charge in [-0.25, -0.2) is 9.37 Å². The smallest absolute Gasteiger partial charge is 0.253 e. The number of aromatic amines is 1. The Bertz CT molecular complexity index is 1200. The minimum Gasteiger partial charge on any atom is -0.497 e. The summed E-state index contributed by atoms with van der Waals surface area (Å²) in [7, 11) is 1.61. The summed E-state index contributed by atoms with van der Waals surface area (Å²) in [6, 6.07) is 19.2. The first-order valence-corrected chi connectivity index (χ1v) is 9.83. The first-order chi connectivity index (χ1) is 15.0. The van der Waals surface area contributed by atoms with E-state index in [1.165, 1.54) is 12.1 Å². The summed E-state index contributed by atoms with van der Waals surface area (Å²) in [4.78, 5) is 20.0. The number of halogens is 1. The number of nitrogens with zero attached hydrogens (tertiary/aromatic N) is 1. The minimum atomic E-state index is -0.629. The summed E-state index contributed by atoms with van der Waals surface area (Å²) >= 11 is 0. The van der Waals surface area contributed by atoms with Crippen LogP contribution in [0.25, 0.3) is 22.4 Å². The summed E-state index contributed by atoms with van der Waals surface area (Å²) in [6.45, 7) is 2.01. The number of H-pyrrole nitrogens is 1. The molecule has 1 amide bonds. The fraction of sp³-hybridized carbons (Fsp3) is 0.167. The molecule has 3 aromatic carbocycles. The molecule has 4 aromatic rings. The van der Waals surface area contributed by atoms with E-state index in [2.05, 4.69) is 15.3 Å². The Balaban J connectivity index is 1.36. The maximum Gasteiger partial charge on any atom is 0.253 e. The SMILES string of the molecule is COc1cccc(COC(C)C(=O)Nc2ccc(-c3nc4ccc(F)cc4[nH]3)cc2)c1. The molecule has 0 spiro atoms. The van der Waals surface area contributed by atoms with Crippen LogP contribution in [0.1, 0.15) is 12.5 Å². The molecular weight excluding hydrogens is 397 g/mol. The van der Waals surface area contributed by atoms with E-state index in [1.54, 1.807) is 32.2 Å². The lowest BCUT2D eigenvalue weighted by Crippen LogP contribution is -2.27. The van der Waals surface area contributed by atoms with Gasteiger partial charge < -0.3 is 19.8 Å². The summed E-state index contributed by atoms with van der Waals surface area (Å²) in [5.74, 6) is 0.819. The monoisotopic (exact) mass is 419 g/mol. The number of carbonyl (C=O) groups excluding carboxylic acids is 1. The number of fused-ring (bicyclic) bond motifs is 1. The number of benzene rings is 3. The van der Waals surface area contributed by atoms with Crippen molar-refractivity contribution < 1.29 is 18.7 Å². The van der Waals surface area contributed by atoms with E-state index < -0.39 is 6.10 Å². The number of hydrogen-bond acceptors (Lipinski definition) is 4. The van der Waals surface area contributed by atoms with Gasteiger partial charge >= 0.3 is 0 Å². The van der Waals surface area contributed by atoms with Crippen molar-refractivity contribution in [2.45, 2.75) is 19.6 Å². The highest BCUT2D eigenvalue weighted by Crippen LogP contribution is 2.23. The van der Waals surface area contributed by atoms with Crippen LogP contribution in [0.4, 0.5) is 10.1 Å². The van der Waals surface area contributed by atoms with Gasteiger partial charge in [-0.15, -0.1) is 0 Å². The van der Waals surface area contributed by atoms with Crippen LogP contribution in [0.3, 0.4) is 0 Å². The number of aromatic nitrogens is 2. The van der Waals surface area contributed by atoms with E-state index in [0.717, 1.165) is 16.9 Å². The molecule has 0 aliphatic carbocycles. The molecule has 1 aromatic heterocycles. The van der Waals surface area contributed by atoms with Crippen LogP contribution in [-0.2, 0) is 16.1 Å². The number of methoxy groups -OCH3 is 1. The fourth-order valence-electron chi connectivity index (χ4n) is 3.13. The predicted octanol–water partition coefficient (Wildman–Crippen LogP) is 4.92. The van der Waals surface area contributed by atoms with E-state index in [-0.39, 0.29) is 11.7 Å². The molecule has 2 N–H and O–H groups in total. The second-order valence-electron chi connectivity index (χ2n) is 7.12. The molecule has 0 fully saturated rings. The fourth-order valence-corrected chi connectivity index (χ4v) is 3.13. The zero-order chi connectivity index (χ0) is 21.8. The lowest BCUT2D eigenvalue weighted by atomic mass is 10.2. The zero-order valence-corrected chi connectivity index (χ0v) is 17.2. The minimum absolute atomic E-state index is 0.241. The van der Waals surface area contributed by atoms with Gasteiger partial charge in [0.2, 0.25) is 0 Å². The summed E-state index contributed by atoms with van der Waals surface area (Å²) < 4.78 is 24.2. The Hall–Kier alpha value is -3.71. The molecule has 1 heterocycles. The van der Waals surface area contributed by atoms with Crippen molar-refractivity contribution in [2.75, 3.05) is 12.4 Å². The topological polar surface area (TPSA) is 76.2 Å². The van der Waals surface area contributed by atoms with Gasteiger partial charge in [0.25, 0.3) is 5.91 Å². The zero-order valence-electron chi connectivity index (χ0n) is 17.2. The molecular formula is C24H22FN3O3.